The minimum Gasteiger partial charge on any atom is -0.464 e. The topological polar surface area (TPSA) is 42.7 Å². The summed E-state index contributed by atoms with van der Waals surface area (Å²) in [6.45, 7) is 0. The van der Waals surface area contributed by atoms with Gasteiger partial charge in [0.05, 0.1) is 28.8 Å². The van der Waals surface area contributed by atoms with Crippen LogP contribution < -0.4 is 10.5 Å². The fourth-order valence-electron chi connectivity index (χ4n) is 3.12. The van der Waals surface area contributed by atoms with Gasteiger partial charge in [0.1, 0.15) is 11.8 Å². The highest BCUT2D eigenvalue weighted by molar-refractivity contribution is 9.09. The molecule has 0 aliphatic carbocycles. The molecule has 2 heterocycles. The van der Waals surface area contributed by atoms with E-state index in [2.05, 4.69) is 15.9 Å². The Balaban J connectivity index is 1.80. The maximum absolute atomic E-state index is 13.0. The summed E-state index contributed by atoms with van der Waals surface area (Å²) < 4.78 is 5.69. The molecule has 1 aliphatic rings. The van der Waals surface area contributed by atoms with Gasteiger partial charge in [0.25, 0.3) is 0 Å². The lowest BCUT2D eigenvalue weighted by Gasteiger charge is -2.24. The highest BCUT2D eigenvalue weighted by Crippen LogP contribution is 2.38. The van der Waals surface area contributed by atoms with Crippen molar-refractivity contribution in [2.45, 2.75) is 18.6 Å². The zero-order valence-corrected chi connectivity index (χ0v) is 15.5. The average Bonchev–Trinajstić information content (AvgIpc) is 3.07. The van der Waals surface area contributed by atoms with E-state index in [1.165, 1.54) is 0 Å². The lowest BCUT2D eigenvalue weighted by Crippen LogP contribution is -2.26. The molecule has 2 unspecified atom stereocenters. The van der Waals surface area contributed by atoms with E-state index >= 15 is 0 Å². The summed E-state index contributed by atoms with van der Waals surface area (Å²) in [5.41, 5.74) is 2.01. The van der Waals surface area contributed by atoms with Crippen molar-refractivity contribution in [2.24, 2.45) is 0 Å². The van der Waals surface area contributed by atoms with Gasteiger partial charge in [0.2, 0.25) is 0 Å². The number of halogens is 2. The van der Waals surface area contributed by atoms with E-state index in [0.717, 1.165) is 5.69 Å². The number of para-hydroxylation sites is 1. The third kappa shape index (κ3) is 3.08. The van der Waals surface area contributed by atoms with Crippen LogP contribution in [0.5, 0.6) is 0 Å². The summed E-state index contributed by atoms with van der Waals surface area (Å²) in [5.74, 6) is 0. The van der Waals surface area contributed by atoms with Crippen LogP contribution in [0.3, 0.4) is 0 Å². The molecule has 0 N–H and O–H groups in total. The van der Waals surface area contributed by atoms with Crippen LogP contribution in [0.4, 0.5) is 5.69 Å². The first-order chi connectivity index (χ1) is 12.2. The van der Waals surface area contributed by atoms with Crippen molar-refractivity contribution >= 4 is 44.2 Å². The maximum Gasteiger partial charge on any atom is 0.198 e. The number of fused-ring (bicyclic) bond motifs is 1. The molecule has 0 spiro atoms. The minimum absolute atomic E-state index is 0.0217. The zero-order chi connectivity index (χ0) is 17.4. The van der Waals surface area contributed by atoms with E-state index in [-0.39, 0.29) is 17.6 Å². The second kappa shape index (κ2) is 6.83. The van der Waals surface area contributed by atoms with Gasteiger partial charge in [-0.3, -0.25) is 9.63 Å². The first-order valence-electron chi connectivity index (χ1n) is 7.95. The quantitative estimate of drug-likeness (QED) is 0.553. The molecule has 0 amide bonds. The molecule has 1 aliphatic heterocycles. The fraction of sp³-hybridized carbons (Fsp3) is 0.211. The molecular formula is C19H15BrClNO3. The van der Waals surface area contributed by atoms with E-state index in [0.29, 0.717) is 33.3 Å². The molecular weight excluding hydrogens is 406 g/mol. The maximum atomic E-state index is 13.0. The SMILES string of the molecule is O=c1c(C2CC(CBr)ON2c2ccc(Cl)cc2)coc2ccccc12. The van der Waals surface area contributed by atoms with E-state index in [1.54, 1.807) is 23.5 Å². The van der Waals surface area contributed by atoms with Crippen LogP contribution in [0.2, 0.25) is 5.02 Å². The highest BCUT2D eigenvalue weighted by Gasteiger charge is 2.36. The largest absolute Gasteiger partial charge is 0.464 e. The van der Waals surface area contributed by atoms with Gasteiger partial charge in [0, 0.05) is 16.8 Å². The number of benzene rings is 2. The molecule has 6 heteroatoms. The first kappa shape index (κ1) is 16.6. The normalized spacial score (nSPS) is 20.3. The standard InChI is InChI=1S/C19H15BrClNO3/c20-10-14-9-17(22(25-14)13-7-5-12(21)6-8-13)16-11-24-18-4-2-1-3-15(18)19(16)23/h1-8,11,14,17H,9-10H2. The second-order valence-corrected chi connectivity index (χ2v) is 7.04. The molecule has 1 saturated heterocycles. The Morgan fingerprint density at radius 3 is 2.68 bits per heavy atom. The molecule has 0 radical (unpaired) electrons. The van der Waals surface area contributed by atoms with Crippen LogP contribution in [-0.2, 0) is 4.84 Å². The van der Waals surface area contributed by atoms with Crippen molar-refractivity contribution < 1.29 is 9.25 Å². The summed E-state index contributed by atoms with van der Waals surface area (Å²) in [6, 6.07) is 14.4. The minimum atomic E-state index is -0.218. The van der Waals surface area contributed by atoms with E-state index in [9.17, 15) is 4.79 Å². The summed E-state index contributed by atoms with van der Waals surface area (Å²) in [6.07, 6.45) is 2.22. The van der Waals surface area contributed by atoms with Crippen molar-refractivity contribution in [3.05, 3.63) is 75.6 Å². The van der Waals surface area contributed by atoms with Crippen LogP contribution in [0, 0.1) is 0 Å². The Morgan fingerprint density at radius 1 is 1.16 bits per heavy atom. The fourth-order valence-corrected chi connectivity index (χ4v) is 3.63. The van der Waals surface area contributed by atoms with Crippen LogP contribution in [0.1, 0.15) is 18.0 Å². The summed E-state index contributed by atoms with van der Waals surface area (Å²) in [7, 11) is 0. The van der Waals surface area contributed by atoms with Gasteiger partial charge in [-0.2, -0.15) is 0 Å². The van der Waals surface area contributed by atoms with Gasteiger partial charge in [-0.05, 0) is 36.4 Å². The highest BCUT2D eigenvalue weighted by atomic mass is 79.9. The summed E-state index contributed by atoms with van der Waals surface area (Å²) >= 11 is 9.46. The second-order valence-electron chi connectivity index (χ2n) is 5.95. The van der Waals surface area contributed by atoms with E-state index < -0.39 is 0 Å². The molecule has 2 atom stereocenters. The molecule has 1 fully saturated rings. The van der Waals surface area contributed by atoms with Gasteiger partial charge in [0.15, 0.2) is 5.43 Å². The number of nitrogens with zero attached hydrogens (tertiary/aromatic N) is 1. The first-order valence-corrected chi connectivity index (χ1v) is 9.45. The predicted molar refractivity (Wildman–Crippen MR) is 102 cm³/mol. The Hall–Kier alpha value is -1.82. The monoisotopic (exact) mass is 419 g/mol. The van der Waals surface area contributed by atoms with Crippen LogP contribution in [0.25, 0.3) is 11.0 Å². The lowest BCUT2D eigenvalue weighted by molar-refractivity contribution is 0.0995. The number of hydrogen-bond acceptors (Lipinski definition) is 4. The average molecular weight is 421 g/mol. The molecule has 1 aromatic heterocycles. The Labute approximate surface area is 158 Å². The van der Waals surface area contributed by atoms with Gasteiger partial charge in [-0.25, -0.2) is 5.06 Å². The van der Waals surface area contributed by atoms with Crippen molar-refractivity contribution in [3.63, 3.8) is 0 Å². The predicted octanol–water partition coefficient (Wildman–Crippen LogP) is 5.09. The van der Waals surface area contributed by atoms with Crippen molar-refractivity contribution in [2.75, 3.05) is 10.4 Å². The van der Waals surface area contributed by atoms with Crippen LogP contribution in [-0.4, -0.2) is 11.4 Å². The van der Waals surface area contributed by atoms with Crippen molar-refractivity contribution in [1.82, 2.24) is 0 Å². The number of hydroxylamine groups is 1. The van der Waals surface area contributed by atoms with Gasteiger partial charge >= 0.3 is 0 Å². The summed E-state index contributed by atoms with van der Waals surface area (Å²) in [4.78, 5) is 19.0. The molecule has 4 rings (SSSR count). The third-order valence-corrected chi connectivity index (χ3v) is 5.32. The van der Waals surface area contributed by atoms with Crippen molar-refractivity contribution in [3.8, 4) is 0 Å². The third-order valence-electron chi connectivity index (χ3n) is 4.35. The molecule has 0 bridgehead atoms. The zero-order valence-electron chi connectivity index (χ0n) is 13.2. The molecule has 128 valence electrons. The summed E-state index contributed by atoms with van der Waals surface area (Å²) in [5, 5.41) is 3.70. The number of hydrogen-bond donors (Lipinski definition) is 0. The van der Waals surface area contributed by atoms with Crippen molar-refractivity contribution in [1.29, 1.82) is 0 Å². The van der Waals surface area contributed by atoms with Crippen LogP contribution in [0.15, 0.2) is 64.0 Å². The number of alkyl halides is 1. The van der Waals surface area contributed by atoms with Gasteiger partial charge in [-0.1, -0.05) is 39.7 Å². The van der Waals surface area contributed by atoms with E-state index in [1.807, 2.05) is 36.4 Å². The van der Waals surface area contributed by atoms with Crippen LogP contribution >= 0.6 is 27.5 Å². The lowest BCUT2D eigenvalue weighted by atomic mass is 10.0. The molecule has 0 saturated carbocycles. The van der Waals surface area contributed by atoms with Gasteiger partial charge < -0.3 is 4.42 Å². The Kier molecular flexibility index (Phi) is 4.54. The molecule has 4 nitrogen and oxygen atoms in total. The number of rotatable bonds is 3. The Morgan fingerprint density at radius 2 is 1.92 bits per heavy atom. The number of anilines is 1. The molecule has 2 aromatic carbocycles. The van der Waals surface area contributed by atoms with E-state index in [4.69, 9.17) is 20.9 Å². The molecule has 25 heavy (non-hydrogen) atoms. The van der Waals surface area contributed by atoms with Gasteiger partial charge in [-0.15, -0.1) is 0 Å². The molecule has 3 aromatic rings. The smallest absolute Gasteiger partial charge is 0.198 e. The Bertz CT molecular complexity index is 957.